The first kappa shape index (κ1) is 96.7. The smallest absolute Gasteiger partial charge is 0.463 e. The third-order valence-corrected chi connectivity index (χ3v) is 18.2. The average Bonchev–Trinajstić information content (AvgIpc) is 0.951. The molecule has 5 unspecified atom stereocenters. The van der Waals surface area contributed by atoms with E-state index in [-0.39, 0.29) is 19.3 Å². The van der Waals surface area contributed by atoms with Gasteiger partial charge in [0.25, 0.3) is 0 Å². The minimum absolute atomic E-state index is 0.0901. The summed E-state index contributed by atoms with van der Waals surface area (Å²) >= 11 is 0. The molecule has 0 amide bonds. The number of hydrogen-bond acceptors (Lipinski definition) is 14. The van der Waals surface area contributed by atoms with Crippen molar-refractivity contribution in [3.8, 4) is 0 Å². The van der Waals surface area contributed by atoms with E-state index in [1.54, 1.807) is 0 Å². The highest BCUT2D eigenvalue weighted by molar-refractivity contribution is 7.47. The lowest BCUT2D eigenvalue weighted by Crippen LogP contribution is -2.30. The van der Waals surface area contributed by atoms with Gasteiger partial charge >= 0.3 is 33.6 Å². The largest absolute Gasteiger partial charge is 0.472 e. The van der Waals surface area contributed by atoms with Crippen LogP contribution in [0.1, 0.15) is 316 Å². The van der Waals surface area contributed by atoms with Crippen molar-refractivity contribution >= 4 is 33.6 Å². The van der Waals surface area contributed by atoms with E-state index in [0.29, 0.717) is 19.3 Å². The van der Waals surface area contributed by atoms with Gasteiger partial charge in [-0.1, -0.05) is 289 Å². The number of carbonyl (C=O) groups excluding carboxylic acids is 3. The van der Waals surface area contributed by atoms with Crippen molar-refractivity contribution in [1.29, 1.82) is 0 Å². The molecular weight excluding hydrogens is 1310 g/mol. The highest BCUT2D eigenvalue weighted by Crippen LogP contribution is 2.45. The summed E-state index contributed by atoms with van der Waals surface area (Å²) < 4.78 is 61.1. The van der Waals surface area contributed by atoms with E-state index in [0.717, 1.165) is 173 Å². The van der Waals surface area contributed by atoms with Crippen molar-refractivity contribution in [3.63, 3.8) is 0 Å². The van der Waals surface area contributed by atoms with Gasteiger partial charge in [-0.05, 0) is 141 Å². The molecule has 5 atom stereocenters. The monoisotopic (exact) mass is 1460 g/mol. The van der Waals surface area contributed by atoms with Gasteiger partial charge in [-0.2, -0.15) is 0 Å². The van der Waals surface area contributed by atoms with Crippen LogP contribution >= 0.6 is 15.6 Å². The van der Waals surface area contributed by atoms with E-state index in [9.17, 15) is 43.5 Å². The molecule has 0 radical (unpaired) electrons. The zero-order valence-corrected chi connectivity index (χ0v) is 65.1. The molecule has 0 rings (SSSR count). The summed E-state index contributed by atoms with van der Waals surface area (Å²) in [7, 11) is -9.80. The second kappa shape index (κ2) is 75.4. The zero-order chi connectivity index (χ0) is 73.7. The van der Waals surface area contributed by atoms with Crippen LogP contribution in [0.2, 0.25) is 0 Å². The number of unbranched alkanes of at least 4 members (excludes halogenated alkanes) is 29. The third-order valence-electron chi connectivity index (χ3n) is 16.3. The molecule has 0 bridgehead atoms. The maximum absolute atomic E-state index is 13.0. The lowest BCUT2D eigenvalue weighted by atomic mass is 10.1. The lowest BCUT2D eigenvalue weighted by molar-refractivity contribution is -0.161. The van der Waals surface area contributed by atoms with Crippen molar-refractivity contribution in [1.82, 2.24) is 0 Å². The molecule has 580 valence electrons. The van der Waals surface area contributed by atoms with Gasteiger partial charge in [-0.3, -0.25) is 32.5 Å². The summed E-state index contributed by atoms with van der Waals surface area (Å²) in [6, 6.07) is 0. The molecule has 0 saturated carbocycles. The standard InChI is InChI=1S/C83H142O16P2/c1-4-7-10-13-16-19-22-25-28-30-32-34-36-37-38-39-41-43-44-46-49-51-54-57-60-63-66-69-81(86)93-72-78(84)73-95-100(89,90)96-74-79(85)75-97-101(91,92)98-77-80(99-83(88)71-68-65-62-59-56-53-48-27-24-21-18-15-12-9-6-3)76-94-82(87)70-67-64-61-58-55-52-50-47-45-42-40-35-33-31-29-26-23-20-17-14-11-8-5-2/h7,10,16-17,19-20,25-29,32-35,37-38,41-43,45,48,78-80,84-85H,4-6,8-9,11-15,18,21-24,30-31,36,39-40,44,46-47,49-77H2,1-3H3,(H,89,90)(H,91,92)/b10-7-,19-16-,20-17-,28-25-,29-26-,34-32-,35-33-,38-37-,43-41-,45-42-,48-27-. The fraction of sp³-hybridized carbons (Fsp3) is 0.699. The van der Waals surface area contributed by atoms with Crippen molar-refractivity contribution in [2.75, 3.05) is 39.6 Å². The number of esters is 3. The lowest BCUT2D eigenvalue weighted by Gasteiger charge is -2.21. The molecule has 101 heavy (non-hydrogen) atoms. The highest BCUT2D eigenvalue weighted by Gasteiger charge is 2.29. The molecule has 0 aromatic carbocycles. The minimum atomic E-state index is -4.94. The Bertz CT molecular complexity index is 2370. The number of phosphoric ester groups is 2. The molecule has 0 aliphatic rings. The van der Waals surface area contributed by atoms with E-state index < -0.39 is 91.5 Å². The van der Waals surface area contributed by atoms with Crippen molar-refractivity contribution in [2.45, 2.75) is 334 Å². The summed E-state index contributed by atoms with van der Waals surface area (Å²) in [5, 5.41) is 20.6. The van der Waals surface area contributed by atoms with Crippen LogP contribution in [0.5, 0.6) is 0 Å². The van der Waals surface area contributed by atoms with Gasteiger partial charge in [0, 0.05) is 19.3 Å². The quantitative estimate of drug-likeness (QED) is 0.0146. The van der Waals surface area contributed by atoms with Gasteiger partial charge in [-0.25, -0.2) is 9.13 Å². The Hall–Kier alpha value is -4.31. The molecule has 0 aromatic heterocycles. The SMILES string of the molecule is CC/C=C\C/C=C\C/C=C\C/C=C\C/C=C\C/C=C\CCCCCCCCCCC(=O)OCC(O)COP(=O)(O)OCC(O)COP(=O)(O)OCC(COC(=O)CCCCCCCCC/C=C\C/C=C\C/C=C\C/C=C\CCCCC)OC(=O)CCCCCCC/C=C\CCCCCCCC. The van der Waals surface area contributed by atoms with Crippen LogP contribution in [0, 0.1) is 0 Å². The van der Waals surface area contributed by atoms with E-state index in [4.69, 9.17) is 32.3 Å². The van der Waals surface area contributed by atoms with E-state index in [2.05, 4.69) is 154 Å². The van der Waals surface area contributed by atoms with Crippen LogP contribution in [0.15, 0.2) is 134 Å². The average molecular weight is 1460 g/mol. The molecule has 0 aliphatic heterocycles. The van der Waals surface area contributed by atoms with Gasteiger partial charge < -0.3 is 34.2 Å². The second-order valence-electron chi connectivity index (χ2n) is 26.1. The Balaban J connectivity index is 4.60. The van der Waals surface area contributed by atoms with Gasteiger partial charge in [0.05, 0.1) is 26.4 Å². The van der Waals surface area contributed by atoms with Gasteiger partial charge in [0.2, 0.25) is 0 Å². The summed E-state index contributed by atoms with van der Waals surface area (Å²) in [4.78, 5) is 58.7. The number of aliphatic hydroxyl groups excluding tert-OH is 2. The third kappa shape index (κ3) is 76.6. The van der Waals surface area contributed by atoms with Crippen LogP contribution in [-0.2, 0) is 55.8 Å². The number of ether oxygens (including phenoxy) is 3. The Morgan fingerprint density at radius 1 is 0.287 bits per heavy atom. The number of carbonyl (C=O) groups is 3. The van der Waals surface area contributed by atoms with E-state index >= 15 is 0 Å². The molecule has 18 heteroatoms. The fourth-order valence-corrected chi connectivity index (χ4v) is 11.9. The van der Waals surface area contributed by atoms with Crippen LogP contribution < -0.4 is 0 Å². The minimum Gasteiger partial charge on any atom is -0.463 e. The second-order valence-corrected chi connectivity index (χ2v) is 29.0. The Labute approximate surface area is 614 Å². The molecule has 0 aromatic rings. The predicted octanol–water partition coefficient (Wildman–Crippen LogP) is 23.1. The zero-order valence-electron chi connectivity index (χ0n) is 63.3. The number of aliphatic hydroxyl groups is 2. The van der Waals surface area contributed by atoms with Crippen LogP contribution in [0.3, 0.4) is 0 Å². The number of hydrogen-bond donors (Lipinski definition) is 4. The molecule has 0 fully saturated rings. The summed E-state index contributed by atoms with van der Waals surface area (Å²) in [5.41, 5.74) is 0. The van der Waals surface area contributed by atoms with Crippen LogP contribution in [0.25, 0.3) is 0 Å². The normalized spacial score (nSPS) is 14.7. The molecule has 0 spiro atoms. The number of phosphoric acid groups is 2. The summed E-state index contributed by atoms with van der Waals surface area (Å²) in [5.74, 6) is -1.60. The van der Waals surface area contributed by atoms with Gasteiger partial charge in [0.15, 0.2) is 6.10 Å². The van der Waals surface area contributed by atoms with Gasteiger partial charge in [0.1, 0.15) is 25.4 Å². The maximum Gasteiger partial charge on any atom is 0.472 e. The Kier molecular flexibility index (Phi) is 72.2. The molecule has 4 N–H and O–H groups in total. The Morgan fingerprint density at radius 2 is 0.525 bits per heavy atom. The van der Waals surface area contributed by atoms with E-state index in [1.807, 2.05) is 0 Å². The summed E-state index contributed by atoms with van der Waals surface area (Å²) in [6.45, 7) is 2.51. The van der Waals surface area contributed by atoms with Gasteiger partial charge in [-0.15, -0.1) is 0 Å². The first-order valence-corrected chi connectivity index (χ1v) is 42.5. The molecular formula is C83H142O16P2. The van der Waals surface area contributed by atoms with E-state index in [1.165, 1.54) is 83.5 Å². The molecule has 0 heterocycles. The first-order chi connectivity index (χ1) is 49.2. The van der Waals surface area contributed by atoms with Crippen molar-refractivity contribution in [3.05, 3.63) is 134 Å². The van der Waals surface area contributed by atoms with Crippen molar-refractivity contribution in [2.24, 2.45) is 0 Å². The topological polar surface area (TPSA) is 231 Å². The van der Waals surface area contributed by atoms with Crippen LogP contribution in [-0.4, -0.2) is 95.9 Å². The Morgan fingerprint density at radius 3 is 0.861 bits per heavy atom. The molecule has 0 saturated heterocycles. The summed E-state index contributed by atoms with van der Waals surface area (Å²) in [6.07, 6.45) is 90.6. The predicted molar refractivity (Wildman–Crippen MR) is 417 cm³/mol. The first-order valence-electron chi connectivity index (χ1n) is 39.5. The molecule has 0 aliphatic carbocycles. The number of allylic oxidation sites excluding steroid dienone is 22. The molecule has 16 nitrogen and oxygen atoms in total. The number of rotatable bonds is 74. The van der Waals surface area contributed by atoms with Crippen LogP contribution in [0.4, 0.5) is 0 Å². The van der Waals surface area contributed by atoms with Crippen molar-refractivity contribution < 1.29 is 75.8 Å². The highest BCUT2D eigenvalue weighted by atomic mass is 31.2. The fourth-order valence-electron chi connectivity index (χ4n) is 10.3. The maximum atomic E-state index is 13.0.